The molecule has 4 heterocycles. The zero-order valence-corrected chi connectivity index (χ0v) is 35.1. The maximum Gasteiger partial charge on any atom is 0.410 e. The van der Waals surface area contributed by atoms with Crippen molar-refractivity contribution in [2.45, 2.75) is 161 Å². The Morgan fingerprint density at radius 1 is 0.981 bits per heavy atom. The molecule has 9 aliphatic rings. The smallest absolute Gasteiger partial charge is 0.410 e. The molecule has 7 unspecified atom stereocenters. The molecule has 5 aliphatic carbocycles. The van der Waals surface area contributed by atoms with E-state index >= 15 is 0 Å². The normalized spacial score (nSPS) is 49.4. The van der Waals surface area contributed by atoms with Crippen molar-refractivity contribution in [3.63, 3.8) is 0 Å². The molecule has 9 rings (SSSR count). The van der Waals surface area contributed by atoms with Crippen LogP contribution in [-0.2, 0) is 18.9 Å². The number of carbonyl (C=O) groups excluding carboxylic acids is 1. The number of aliphatic hydroxyl groups excluding tert-OH is 1. The van der Waals surface area contributed by atoms with Gasteiger partial charge < -0.3 is 39.6 Å². The minimum Gasteiger partial charge on any atom is -0.443 e. The number of aliphatic hydroxyl groups is 1. The first-order chi connectivity index (χ1) is 25.4. The summed E-state index contributed by atoms with van der Waals surface area (Å²) in [5, 5.41) is 12.6. The van der Waals surface area contributed by atoms with E-state index in [1.54, 1.807) is 4.90 Å². The highest BCUT2D eigenvalue weighted by molar-refractivity contribution is 5.68. The number of amides is 1. The van der Waals surface area contributed by atoms with Crippen LogP contribution in [0.2, 0.25) is 0 Å². The number of nitrogens with two attached hydrogens (primary N) is 1. The summed E-state index contributed by atoms with van der Waals surface area (Å²) < 4.78 is 26.6. The molecular weight excluding hydrogens is 681 g/mol. The van der Waals surface area contributed by atoms with E-state index in [1.807, 2.05) is 0 Å². The first-order valence-electron chi connectivity index (χ1n) is 22.2. The number of hydrogen-bond donors (Lipinski definition) is 2. The second-order valence-electron chi connectivity index (χ2n) is 22.1. The number of nitrogens with zero attached hydrogens (tertiary/aromatic N) is 3. The van der Waals surface area contributed by atoms with Crippen molar-refractivity contribution in [1.29, 1.82) is 0 Å². The molecule has 54 heavy (non-hydrogen) atoms. The van der Waals surface area contributed by atoms with E-state index in [0.29, 0.717) is 17.8 Å². The van der Waals surface area contributed by atoms with Gasteiger partial charge in [-0.25, -0.2) is 4.79 Å². The molecule has 10 heteroatoms. The largest absolute Gasteiger partial charge is 0.443 e. The molecule has 0 aromatic rings. The van der Waals surface area contributed by atoms with E-state index in [2.05, 4.69) is 72.2 Å². The Kier molecular flexibility index (Phi) is 9.09. The first kappa shape index (κ1) is 38.5. The second-order valence-corrected chi connectivity index (χ2v) is 22.1. The zero-order chi connectivity index (χ0) is 38.4. The molecule has 10 nitrogen and oxygen atoms in total. The van der Waals surface area contributed by atoms with E-state index in [9.17, 15) is 9.90 Å². The predicted octanol–water partition coefficient (Wildman–Crippen LogP) is 5.74. The van der Waals surface area contributed by atoms with Crippen LogP contribution >= 0.6 is 0 Å². The van der Waals surface area contributed by atoms with E-state index in [1.165, 1.54) is 32.4 Å². The van der Waals surface area contributed by atoms with E-state index in [0.717, 1.165) is 71.3 Å². The SMILES string of the molecule is CC(C)[C@@H](OC(=O)N1CCC1)C1C[C@@H](C)[C@H]2C(O1)[C@H](O)[C@@]1(N)C3CC[C@H]4C(C)(C)[C@@H](OC5CN(C(C)(C)C6CN(C)C6)CCO5)CCC45CC35CCC21C. The molecule has 4 saturated heterocycles. The van der Waals surface area contributed by atoms with Gasteiger partial charge in [-0.3, -0.25) is 4.90 Å². The Hall–Kier alpha value is -1.01. The number of ether oxygens (including phenoxy) is 4. The molecule has 1 amide bonds. The standard InChI is InChI=1S/C44H74N4O6/c1-26(2)35(54-38(50)47-17-10-18-47)29-21-27(3)34-36(52-29)37(49)44(45)31-12-11-30-39(4,5)32(13-14-42(30)25-43(31,42)16-15-41(34,44)8)53-33-24-48(19-20-51-33)40(6,7)28-22-46(9)23-28/h26-37,49H,10-25,45H2,1-9H3/t27-,29?,30+,31?,32+,33?,34+,35-,36?,37+,41?,42?,43?,44+/m1/s1. The van der Waals surface area contributed by atoms with Gasteiger partial charge in [0.25, 0.3) is 0 Å². The molecule has 9 fully saturated rings. The van der Waals surface area contributed by atoms with Crippen molar-refractivity contribution in [3.8, 4) is 0 Å². The minimum absolute atomic E-state index is 0.0273. The maximum absolute atomic E-state index is 13.0. The number of hydrogen-bond acceptors (Lipinski definition) is 9. The predicted molar refractivity (Wildman–Crippen MR) is 207 cm³/mol. The third kappa shape index (κ3) is 5.17. The summed E-state index contributed by atoms with van der Waals surface area (Å²) in [6, 6.07) is 0. The van der Waals surface area contributed by atoms with Crippen LogP contribution in [0.15, 0.2) is 0 Å². The highest BCUT2D eigenvalue weighted by Crippen LogP contribution is 2.87. The van der Waals surface area contributed by atoms with Crippen molar-refractivity contribution in [2.75, 3.05) is 52.9 Å². The van der Waals surface area contributed by atoms with Gasteiger partial charge in [-0.05, 0) is 130 Å². The lowest BCUT2D eigenvalue weighted by molar-refractivity contribution is -0.255. The summed E-state index contributed by atoms with van der Waals surface area (Å²) in [4.78, 5) is 19.8. The molecule has 2 spiro atoms. The van der Waals surface area contributed by atoms with Gasteiger partial charge in [-0.1, -0.05) is 41.5 Å². The van der Waals surface area contributed by atoms with Crippen LogP contribution in [0, 0.1) is 57.2 Å². The average molecular weight is 755 g/mol. The third-order valence-corrected chi connectivity index (χ3v) is 18.9. The number of morpholine rings is 1. The lowest BCUT2D eigenvalue weighted by Gasteiger charge is -2.63. The third-order valence-electron chi connectivity index (χ3n) is 18.9. The number of fused-ring (bicyclic) bond motifs is 4. The van der Waals surface area contributed by atoms with Crippen LogP contribution in [0.5, 0.6) is 0 Å². The lowest BCUT2D eigenvalue weighted by atomic mass is 9.43. The molecule has 0 radical (unpaired) electrons. The Bertz CT molecular complexity index is 1470. The number of carbonyl (C=O) groups is 1. The molecule has 3 N–H and O–H groups in total. The van der Waals surface area contributed by atoms with Gasteiger partial charge in [0, 0.05) is 44.2 Å². The minimum atomic E-state index is -0.739. The highest BCUT2D eigenvalue weighted by atomic mass is 16.7. The maximum atomic E-state index is 13.0. The van der Waals surface area contributed by atoms with Crippen LogP contribution in [0.1, 0.15) is 113 Å². The zero-order valence-electron chi connectivity index (χ0n) is 35.1. The quantitative estimate of drug-likeness (QED) is 0.337. The summed E-state index contributed by atoms with van der Waals surface area (Å²) in [6.07, 6.45) is 7.87. The topological polar surface area (TPSA) is 110 Å². The van der Waals surface area contributed by atoms with Crippen molar-refractivity contribution < 1.29 is 28.8 Å². The van der Waals surface area contributed by atoms with Crippen LogP contribution < -0.4 is 5.73 Å². The molecular formula is C44H74N4O6. The second kappa shape index (κ2) is 12.7. The first-order valence-corrected chi connectivity index (χ1v) is 22.2. The monoisotopic (exact) mass is 755 g/mol. The molecule has 306 valence electrons. The summed E-state index contributed by atoms with van der Waals surface area (Å²) in [6.45, 7) is 25.2. The Labute approximate surface area is 325 Å². The Morgan fingerprint density at radius 3 is 2.35 bits per heavy atom. The van der Waals surface area contributed by atoms with Crippen LogP contribution in [0.25, 0.3) is 0 Å². The fourth-order valence-corrected chi connectivity index (χ4v) is 15.5. The van der Waals surface area contributed by atoms with E-state index < -0.39 is 11.6 Å². The average Bonchev–Trinajstić information content (AvgIpc) is 3.71. The van der Waals surface area contributed by atoms with Crippen molar-refractivity contribution >= 4 is 6.09 Å². The van der Waals surface area contributed by atoms with Crippen LogP contribution in [0.4, 0.5) is 4.79 Å². The molecule has 0 aromatic heterocycles. The summed E-state index contributed by atoms with van der Waals surface area (Å²) in [7, 11) is 2.22. The van der Waals surface area contributed by atoms with Gasteiger partial charge in [0.1, 0.15) is 6.10 Å². The van der Waals surface area contributed by atoms with Gasteiger partial charge in [0.15, 0.2) is 6.29 Å². The molecule has 5 saturated carbocycles. The molecule has 0 bridgehead atoms. The Morgan fingerprint density at radius 2 is 1.69 bits per heavy atom. The fraction of sp³-hybridized carbons (Fsp3) is 0.977. The Balaban J connectivity index is 0.913. The fourth-order valence-electron chi connectivity index (χ4n) is 15.5. The van der Waals surface area contributed by atoms with E-state index in [-0.39, 0.29) is 81.8 Å². The van der Waals surface area contributed by atoms with Gasteiger partial charge >= 0.3 is 6.09 Å². The van der Waals surface area contributed by atoms with Crippen molar-refractivity contribution in [2.24, 2.45) is 62.9 Å². The summed E-state index contributed by atoms with van der Waals surface area (Å²) >= 11 is 0. The van der Waals surface area contributed by atoms with Crippen molar-refractivity contribution in [1.82, 2.24) is 14.7 Å². The van der Waals surface area contributed by atoms with Crippen molar-refractivity contribution in [3.05, 3.63) is 0 Å². The number of rotatable bonds is 7. The molecule has 4 aliphatic heterocycles. The van der Waals surface area contributed by atoms with Gasteiger partial charge in [-0.15, -0.1) is 0 Å². The molecule has 0 aromatic carbocycles. The van der Waals surface area contributed by atoms with Gasteiger partial charge in [-0.2, -0.15) is 0 Å². The van der Waals surface area contributed by atoms with Gasteiger partial charge in [0.05, 0.1) is 43.1 Å². The van der Waals surface area contributed by atoms with Crippen LogP contribution in [-0.4, -0.2) is 127 Å². The van der Waals surface area contributed by atoms with E-state index in [4.69, 9.17) is 24.7 Å². The van der Waals surface area contributed by atoms with Crippen LogP contribution in [0.3, 0.4) is 0 Å². The summed E-state index contributed by atoms with van der Waals surface area (Å²) in [5.41, 5.74) is 7.60. The highest BCUT2D eigenvalue weighted by Gasteiger charge is 2.85. The molecule has 14 atom stereocenters. The summed E-state index contributed by atoms with van der Waals surface area (Å²) in [5.74, 6) is 2.14. The number of likely N-dealkylation sites (tertiary alicyclic amines) is 2. The van der Waals surface area contributed by atoms with Gasteiger partial charge in [0.2, 0.25) is 0 Å². The lowest BCUT2D eigenvalue weighted by Crippen LogP contribution is -2.70.